The maximum absolute atomic E-state index is 8.52. The minimum atomic E-state index is -0.427. The third kappa shape index (κ3) is 8.79. The van der Waals surface area contributed by atoms with E-state index in [1.807, 2.05) is 12.1 Å². The summed E-state index contributed by atoms with van der Waals surface area (Å²) < 4.78 is 0. The van der Waals surface area contributed by atoms with Gasteiger partial charge in [-0.3, -0.25) is 0 Å². The van der Waals surface area contributed by atoms with Crippen LogP contribution in [-0.4, -0.2) is 0 Å². The van der Waals surface area contributed by atoms with E-state index in [1.165, 1.54) is 0 Å². The summed E-state index contributed by atoms with van der Waals surface area (Å²) >= 11 is 0. The van der Waals surface area contributed by atoms with Crippen LogP contribution in [0.1, 0.15) is 51.4 Å². The van der Waals surface area contributed by atoms with Gasteiger partial charge in [0, 0.05) is 6.42 Å². The fourth-order valence-electron chi connectivity index (χ4n) is 1.42. The lowest BCUT2D eigenvalue weighted by molar-refractivity contribution is 0.565. The molecule has 0 saturated carbocycles. The molecule has 0 aliphatic heterocycles. The molecule has 0 saturated heterocycles. The zero-order chi connectivity index (χ0) is 11.4. The van der Waals surface area contributed by atoms with Crippen molar-refractivity contribution < 1.29 is 0 Å². The Morgan fingerprint density at radius 1 is 0.733 bits per heavy atom. The van der Waals surface area contributed by atoms with Crippen LogP contribution in [0.15, 0.2) is 0 Å². The van der Waals surface area contributed by atoms with Gasteiger partial charge < -0.3 is 0 Å². The number of unbranched alkanes of at least 4 members (excludes halogenated alkanes) is 6. The molecule has 0 aromatic heterocycles. The molecule has 3 heteroatoms. The van der Waals surface area contributed by atoms with Gasteiger partial charge in [0.2, 0.25) is 0 Å². The van der Waals surface area contributed by atoms with Crippen molar-refractivity contribution in [2.45, 2.75) is 51.4 Å². The molecule has 0 aromatic carbocycles. The molecule has 0 heterocycles. The predicted molar refractivity (Wildman–Crippen MR) is 57.3 cm³/mol. The summed E-state index contributed by atoms with van der Waals surface area (Å²) in [6, 6.07) is 6.07. The summed E-state index contributed by atoms with van der Waals surface area (Å²) in [5, 5.41) is 25.4. The third-order valence-corrected chi connectivity index (χ3v) is 2.34. The molecule has 0 aromatic rings. The molecule has 80 valence electrons. The lowest BCUT2D eigenvalue weighted by Crippen LogP contribution is -1.92. The van der Waals surface area contributed by atoms with Crippen molar-refractivity contribution >= 4 is 0 Å². The van der Waals surface area contributed by atoms with E-state index in [-0.39, 0.29) is 0 Å². The first-order valence-electron chi connectivity index (χ1n) is 5.51. The quantitative estimate of drug-likeness (QED) is 0.568. The molecular formula is C12H17N3. The number of hydrogen-bond acceptors (Lipinski definition) is 3. The average Bonchev–Trinajstić information content (AvgIpc) is 2.27. The Balaban J connectivity index is 3.16. The van der Waals surface area contributed by atoms with Crippen molar-refractivity contribution in [3.05, 3.63) is 0 Å². The normalized spacial score (nSPS) is 9.20. The minimum absolute atomic E-state index is 0.427. The van der Waals surface area contributed by atoms with E-state index in [1.54, 1.807) is 0 Å². The number of hydrogen-bond donors (Lipinski definition) is 0. The molecule has 0 atom stereocenters. The smallest absolute Gasteiger partial charge is 0.133 e. The second-order valence-corrected chi connectivity index (χ2v) is 3.63. The summed E-state index contributed by atoms with van der Waals surface area (Å²) in [6.07, 6.45) is 7.83. The molecule has 0 fully saturated rings. The summed E-state index contributed by atoms with van der Waals surface area (Å²) in [5.41, 5.74) is 0. The van der Waals surface area contributed by atoms with Crippen LogP contribution in [0.3, 0.4) is 0 Å². The largest absolute Gasteiger partial charge is 0.198 e. The maximum Gasteiger partial charge on any atom is 0.133 e. The Bertz CT molecular complexity index is 250. The lowest BCUT2D eigenvalue weighted by Gasteiger charge is -2.00. The topological polar surface area (TPSA) is 71.4 Å². The molecule has 0 radical (unpaired) electrons. The van der Waals surface area contributed by atoms with E-state index in [2.05, 4.69) is 6.07 Å². The van der Waals surface area contributed by atoms with Crippen LogP contribution in [0.5, 0.6) is 0 Å². The SMILES string of the molecule is N#CCCCCCCCCC(C#N)C#N. The standard InChI is InChI=1S/C12H17N3/c13-9-7-5-3-1-2-4-6-8-12(10-14)11-15/h12H,1-8H2. The van der Waals surface area contributed by atoms with Gasteiger partial charge in [-0.25, -0.2) is 0 Å². The Kier molecular flexibility index (Phi) is 9.47. The monoisotopic (exact) mass is 203 g/mol. The first-order valence-corrected chi connectivity index (χ1v) is 5.51. The molecular weight excluding hydrogens is 186 g/mol. The van der Waals surface area contributed by atoms with Crippen molar-refractivity contribution in [2.75, 3.05) is 0 Å². The summed E-state index contributed by atoms with van der Waals surface area (Å²) in [6.45, 7) is 0. The lowest BCUT2D eigenvalue weighted by atomic mass is 10.0. The van der Waals surface area contributed by atoms with Gasteiger partial charge >= 0.3 is 0 Å². The van der Waals surface area contributed by atoms with Crippen molar-refractivity contribution in [3.8, 4) is 18.2 Å². The van der Waals surface area contributed by atoms with Crippen LogP contribution >= 0.6 is 0 Å². The highest BCUT2D eigenvalue weighted by molar-refractivity contribution is 4.98. The fraction of sp³-hybridized carbons (Fsp3) is 0.750. The number of rotatable bonds is 8. The second-order valence-electron chi connectivity index (χ2n) is 3.63. The van der Waals surface area contributed by atoms with Crippen LogP contribution in [-0.2, 0) is 0 Å². The van der Waals surface area contributed by atoms with Crippen molar-refractivity contribution in [1.82, 2.24) is 0 Å². The first kappa shape index (κ1) is 13.5. The molecule has 0 spiro atoms. The van der Waals surface area contributed by atoms with Gasteiger partial charge in [-0.2, -0.15) is 15.8 Å². The Morgan fingerprint density at radius 3 is 1.80 bits per heavy atom. The molecule has 3 nitrogen and oxygen atoms in total. The van der Waals surface area contributed by atoms with Crippen LogP contribution in [0, 0.1) is 39.9 Å². The van der Waals surface area contributed by atoms with Crippen LogP contribution in [0.2, 0.25) is 0 Å². The first-order chi connectivity index (χ1) is 7.35. The zero-order valence-corrected chi connectivity index (χ0v) is 9.08. The second kappa shape index (κ2) is 10.6. The predicted octanol–water partition coefficient (Wildman–Crippen LogP) is 3.29. The average molecular weight is 203 g/mol. The van der Waals surface area contributed by atoms with Gasteiger partial charge in [0.1, 0.15) is 5.92 Å². The molecule has 0 aliphatic rings. The Hall–Kier alpha value is -1.53. The van der Waals surface area contributed by atoms with Gasteiger partial charge in [-0.1, -0.05) is 32.1 Å². The van der Waals surface area contributed by atoms with E-state index in [9.17, 15) is 0 Å². The van der Waals surface area contributed by atoms with Gasteiger partial charge in [0.15, 0.2) is 0 Å². The van der Waals surface area contributed by atoms with E-state index < -0.39 is 5.92 Å². The highest BCUT2D eigenvalue weighted by Crippen LogP contribution is 2.11. The minimum Gasteiger partial charge on any atom is -0.198 e. The van der Waals surface area contributed by atoms with Gasteiger partial charge in [0.05, 0.1) is 18.2 Å². The fourth-order valence-corrected chi connectivity index (χ4v) is 1.42. The van der Waals surface area contributed by atoms with Gasteiger partial charge in [0.25, 0.3) is 0 Å². The van der Waals surface area contributed by atoms with E-state index >= 15 is 0 Å². The highest BCUT2D eigenvalue weighted by atomic mass is 14.3. The van der Waals surface area contributed by atoms with Gasteiger partial charge in [-0.05, 0) is 12.8 Å². The maximum atomic E-state index is 8.52. The van der Waals surface area contributed by atoms with E-state index in [0.29, 0.717) is 12.8 Å². The molecule has 15 heavy (non-hydrogen) atoms. The molecule has 0 bridgehead atoms. The summed E-state index contributed by atoms with van der Waals surface area (Å²) in [5.74, 6) is -0.427. The van der Waals surface area contributed by atoms with Crippen molar-refractivity contribution in [2.24, 2.45) is 5.92 Å². The molecule has 0 aliphatic carbocycles. The summed E-state index contributed by atoms with van der Waals surface area (Å²) in [7, 11) is 0. The number of nitriles is 3. The van der Waals surface area contributed by atoms with Crippen LogP contribution in [0.25, 0.3) is 0 Å². The zero-order valence-electron chi connectivity index (χ0n) is 9.08. The highest BCUT2D eigenvalue weighted by Gasteiger charge is 2.03. The van der Waals surface area contributed by atoms with E-state index in [4.69, 9.17) is 15.8 Å². The molecule has 0 rings (SSSR count). The van der Waals surface area contributed by atoms with Crippen LogP contribution < -0.4 is 0 Å². The number of nitrogens with zero attached hydrogens (tertiary/aromatic N) is 3. The Labute approximate surface area is 91.9 Å². The summed E-state index contributed by atoms with van der Waals surface area (Å²) in [4.78, 5) is 0. The molecule has 0 unspecified atom stereocenters. The molecule has 0 amide bonds. The van der Waals surface area contributed by atoms with Crippen molar-refractivity contribution in [1.29, 1.82) is 15.8 Å². The van der Waals surface area contributed by atoms with Crippen molar-refractivity contribution in [3.63, 3.8) is 0 Å². The molecule has 0 N–H and O–H groups in total. The Morgan fingerprint density at radius 2 is 1.27 bits per heavy atom. The van der Waals surface area contributed by atoms with E-state index in [0.717, 1.165) is 38.5 Å². The van der Waals surface area contributed by atoms with Crippen LogP contribution in [0.4, 0.5) is 0 Å². The third-order valence-electron chi connectivity index (χ3n) is 2.34. The van der Waals surface area contributed by atoms with Gasteiger partial charge in [-0.15, -0.1) is 0 Å².